The number of carbonyl (C=O) groups is 1. The van der Waals surface area contributed by atoms with Crippen molar-refractivity contribution in [2.75, 3.05) is 20.1 Å². The molecule has 0 saturated carbocycles. The van der Waals surface area contributed by atoms with Gasteiger partial charge in [0.1, 0.15) is 0 Å². The lowest BCUT2D eigenvalue weighted by Crippen LogP contribution is -2.46. The van der Waals surface area contributed by atoms with Gasteiger partial charge in [0.2, 0.25) is 0 Å². The van der Waals surface area contributed by atoms with E-state index in [0.717, 1.165) is 30.8 Å². The number of hydrogen-bond donors (Lipinski definition) is 1. The van der Waals surface area contributed by atoms with Crippen molar-refractivity contribution in [1.82, 2.24) is 10.2 Å². The Labute approximate surface area is 113 Å². The highest BCUT2D eigenvalue weighted by Crippen LogP contribution is 2.24. The Morgan fingerprint density at radius 3 is 3.00 bits per heavy atom. The normalized spacial score (nSPS) is 20.2. The minimum Gasteiger partial charge on any atom is -0.336 e. The molecule has 0 aromatic carbocycles. The lowest BCUT2D eigenvalue weighted by Gasteiger charge is -2.32. The molecule has 1 aliphatic heterocycles. The second kappa shape index (κ2) is 5.85. The number of nitrogens with zero attached hydrogens (tertiary/aromatic N) is 1. The quantitative estimate of drug-likeness (QED) is 0.911. The number of likely N-dealkylation sites (tertiary alicyclic amines) is 1. The first-order chi connectivity index (χ1) is 8.65. The number of rotatable bonds is 3. The first kappa shape index (κ1) is 13.6. The molecule has 0 radical (unpaired) electrons. The summed E-state index contributed by atoms with van der Waals surface area (Å²) in [6, 6.07) is 2.53. The number of aryl methyl sites for hydroxylation is 2. The van der Waals surface area contributed by atoms with Gasteiger partial charge in [-0.15, -0.1) is 11.3 Å². The van der Waals surface area contributed by atoms with E-state index < -0.39 is 0 Å². The largest absolute Gasteiger partial charge is 0.336 e. The number of carbonyl (C=O) groups excluding carboxylic acids is 1. The van der Waals surface area contributed by atoms with Crippen LogP contribution in [0.15, 0.2) is 6.07 Å². The van der Waals surface area contributed by atoms with E-state index in [9.17, 15) is 4.79 Å². The van der Waals surface area contributed by atoms with Crippen LogP contribution >= 0.6 is 11.3 Å². The molecule has 1 aliphatic rings. The molecule has 1 fully saturated rings. The molecule has 0 spiro atoms. The molecule has 1 unspecified atom stereocenters. The average Bonchev–Trinajstić information content (AvgIpc) is 2.79. The molecule has 100 valence electrons. The van der Waals surface area contributed by atoms with Crippen molar-refractivity contribution in [3.05, 3.63) is 21.4 Å². The molecule has 1 amide bonds. The van der Waals surface area contributed by atoms with E-state index in [4.69, 9.17) is 0 Å². The third-order valence-corrected chi connectivity index (χ3v) is 4.81. The molecule has 1 atom stereocenters. The standard InChI is InChI=1S/C14H22N2OS/c1-4-11-8-13(18-10(11)2)14(17)16-7-5-6-12(9-16)15-3/h8,12,15H,4-7,9H2,1-3H3. The average molecular weight is 266 g/mol. The smallest absolute Gasteiger partial charge is 0.263 e. The van der Waals surface area contributed by atoms with Crippen molar-refractivity contribution in [2.24, 2.45) is 0 Å². The minimum atomic E-state index is 0.211. The molecule has 2 rings (SSSR count). The van der Waals surface area contributed by atoms with Gasteiger partial charge in [-0.25, -0.2) is 0 Å². The Bertz CT molecular complexity index is 427. The van der Waals surface area contributed by atoms with Gasteiger partial charge in [-0.05, 0) is 44.9 Å². The molecule has 0 aliphatic carbocycles. The number of likely N-dealkylation sites (N-methyl/N-ethyl adjacent to an activating group) is 1. The number of hydrogen-bond acceptors (Lipinski definition) is 3. The van der Waals surface area contributed by atoms with Crippen LogP contribution in [0.5, 0.6) is 0 Å². The predicted octanol–water partition coefficient (Wildman–Crippen LogP) is 2.44. The van der Waals surface area contributed by atoms with Crippen LogP contribution in [0.25, 0.3) is 0 Å². The number of thiophene rings is 1. The Kier molecular flexibility index (Phi) is 4.40. The van der Waals surface area contributed by atoms with Gasteiger partial charge >= 0.3 is 0 Å². The van der Waals surface area contributed by atoms with Gasteiger partial charge in [-0.1, -0.05) is 6.92 Å². The van der Waals surface area contributed by atoms with Gasteiger partial charge in [-0.3, -0.25) is 4.79 Å². The highest BCUT2D eigenvalue weighted by Gasteiger charge is 2.24. The molecule has 0 bridgehead atoms. The van der Waals surface area contributed by atoms with Crippen LogP contribution < -0.4 is 5.32 Å². The Morgan fingerprint density at radius 1 is 1.61 bits per heavy atom. The summed E-state index contributed by atoms with van der Waals surface area (Å²) < 4.78 is 0. The van der Waals surface area contributed by atoms with E-state index in [0.29, 0.717) is 6.04 Å². The van der Waals surface area contributed by atoms with Gasteiger partial charge in [0.15, 0.2) is 0 Å². The molecule has 1 aromatic heterocycles. The van der Waals surface area contributed by atoms with E-state index >= 15 is 0 Å². The van der Waals surface area contributed by atoms with Crippen LogP contribution in [0, 0.1) is 6.92 Å². The lowest BCUT2D eigenvalue weighted by molar-refractivity contribution is 0.0703. The molecule has 2 heterocycles. The molecule has 1 aromatic rings. The van der Waals surface area contributed by atoms with Gasteiger partial charge in [0, 0.05) is 24.0 Å². The zero-order valence-corrected chi connectivity index (χ0v) is 12.3. The van der Waals surface area contributed by atoms with Gasteiger partial charge in [0.05, 0.1) is 4.88 Å². The van der Waals surface area contributed by atoms with Crippen molar-refractivity contribution in [1.29, 1.82) is 0 Å². The van der Waals surface area contributed by atoms with Crippen LogP contribution in [0.1, 0.15) is 39.9 Å². The van der Waals surface area contributed by atoms with Crippen LogP contribution in [-0.2, 0) is 6.42 Å². The summed E-state index contributed by atoms with van der Waals surface area (Å²) in [6.07, 6.45) is 3.28. The van der Waals surface area contributed by atoms with Crippen LogP contribution in [0.3, 0.4) is 0 Å². The highest BCUT2D eigenvalue weighted by atomic mass is 32.1. The molecule has 1 saturated heterocycles. The summed E-state index contributed by atoms with van der Waals surface area (Å²) in [7, 11) is 1.98. The highest BCUT2D eigenvalue weighted by molar-refractivity contribution is 7.14. The third kappa shape index (κ3) is 2.75. The Hall–Kier alpha value is -0.870. The first-order valence-corrected chi connectivity index (χ1v) is 7.53. The van der Waals surface area contributed by atoms with Crippen LogP contribution in [-0.4, -0.2) is 37.0 Å². The number of nitrogens with one attached hydrogen (secondary N) is 1. The first-order valence-electron chi connectivity index (χ1n) is 6.71. The molecule has 1 N–H and O–H groups in total. The summed E-state index contributed by atoms with van der Waals surface area (Å²) in [6.45, 7) is 5.98. The monoisotopic (exact) mass is 266 g/mol. The van der Waals surface area contributed by atoms with Gasteiger partial charge in [-0.2, -0.15) is 0 Å². The van der Waals surface area contributed by atoms with E-state index in [1.165, 1.54) is 16.9 Å². The fourth-order valence-electron chi connectivity index (χ4n) is 2.53. The van der Waals surface area contributed by atoms with Gasteiger partial charge in [0.25, 0.3) is 5.91 Å². The predicted molar refractivity (Wildman–Crippen MR) is 76.4 cm³/mol. The van der Waals surface area contributed by atoms with Crippen molar-refractivity contribution in [2.45, 2.75) is 39.2 Å². The maximum atomic E-state index is 12.5. The van der Waals surface area contributed by atoms with Crippen molar-refractivity contribution in [3.8, 4) is 0 Å². The Morgan fingerprint density at radius 2 is 2.39 bits per heavy atom. The van der Waals surface area contributed by atoms with Crippen molar-refractivity contribution >= 4 is 17.2 Å². The summed E-state index contributed by atoms with van der Waals surface area (Å²) in [5, 5.41) is 3.28. The number of piperidine rings is 1. The van der Waals surface area contributed by atoms with Crippen LogP contribution in [0.2, 0.25) is 0 Å². The molecule has 4 heteroatoms. The second-order valence-corrected chi connectivity index (χ2v) is 6.18. The molecular formula is C14H22N2OS. The third-order valence-electron chi connectivity index (χ3n) is 3.73. The topological polar surface area (TPSA) is 32.3 Å². The summed E-state index contributed by atoms with van der Waals surface area (Å²) in [4.78, 5) is 16.6. The van der Waals surface area contributed by atoms with E-state index in [2.05, 4.69) is 25.2 Å². The zero-order chi connectivity index (χ0) is 13.1. The number of amides is 1. The SMILES string of the molecule is CCc1cc(C(=O)N2CCCC(NC)C2)sc1C. The van der Waals surface area contributed by atoms with Crippen LogP contribution in [0.4, 0.5) is 0 Å². The lowest BCUT2D eigenvalue weighted by atomic mass is 10.1. The molecule has 18 heavy (non-hydrogen) atoms. The molecule has 3 nitrogen and oxygen atoms in total. The van der Waals surface area contributed by atoms with Gasteiger partial charge < -0.3 is 10.2 Å². The maximum Gasteiger partial charge on any atom is 0.263 e. The van der Waals surface area contributed by atoms with Crippen molar-refractivity contribution < 1.29 is 4.79 Å². The van der Waals surface area contributed by atoms with E-state index in [1.54, 1.807) is 11.3 Å². The fourth-order valence-corrected chi connectivity index (χ4v) is 3.61. The van der Waals surface area contributed by atoms with Crippen molar-refractivity contribution in [3.63, 3.8) is 0 Å². The van der Waals surface area contributed by atoms with E-state index in [-0.39, 0.29) is 5.91 Å². The second-order valence-electron chi connectivity index (χ2n) is 4.92. The maximum absolute atomic E-state index is 12.5. The minimum absolute atomic E-state index is 0.211. The fraction of sp³-hybridized carbons (Fsp3) is 0.643. The molecular weight excluding hydrogens is 244 g/mol. The summed E-state index contributed by atoms with van der Waals surface area (Å²) in [5.41, 5.74) is 1.31. The zero-order valence-electron chi connectivity index (χ0n) is 11.5. The summed E-state index contributed by atoms with van der Waals surface area (Å²) >= 11 is 1.64. The van der Waals surface area contributed by atoms with E-state index in [1.807, 2.05) is 11.9 Å². The summed E-state index contributed by atoms with van der Waals surface area (Å²) in [5.74, 6) is 0.211. The Balaban J connectivity index is 2.10.